The van der Waals surface area contributed by atoms with Gasteiger partial charge < -0.3 is 9.94 Å². The Bertz CT molecular complexity index is 872. The molecular formula is C16H10Cl2N2O2. The molecule has 0 N–H and O–H groups in total. The number of benzene rings is 2. The highest BCUT2D eigenvalue weighted by molar-refractivity contribution is 6.31. The minimum absolute atomic E-state index is 0.261. The van der Waals surface area contributed by atoms with Crippen molar-refractivity contribution in [1.29, 1.82) is 0 Å². The minimum Gasteiger partial charge on any atom is -0.805 e. The Morgan fingerprint density at radius 2 is 1.36 bits per heavy atom. The van der Waals surface area contributed by atoms with Crippen molar-refractivity contribution in [2.45, 2.75) is 0 Å². The molecule has 0 bridgehead atoms. The van der Waals surface area contributed by atoms with E-state index in [1.807, 2.05) is 0 Å². The van der Waals surface area contributed by atoms with Crippen molar-refractivity contribution >= 4 is 23.2 Å². The molecule has 0 spiro atoms. The van der Waals surface area contributed by atoms with Crippen LogP contribution in [0.3, 0.4) is 0 Å². The monoisotopic (exact) mass is 332 g/mol. The Hall–Kier alpha value is -2.30. The first-order chi connectivity index (χ1) is 10.6. The lowest BCUT2D eigenvalue weighted by Gasteiger charge is -2.16. The Labute approximate surface area is 136 Å². The van der Waals surface area contributed by atoms with E-state index in [9.17, 15) is 10.1 Å². The van der Waals surface area contributed by atoms with E-state index in [0.29, 0.717) is 30.3 Å². The number of halogens is 2. The lowest BCUT2D eigenvalue weighted by atomic mass is 10.0. The van der Waals surface area contributed by atoms with Crippen LogP contribution < -0.4 is 4.43 Å². The van der Waals surface area contributed by atoms with Crippen LogP contribution >= 0.6 is 23.2 Å². The highest BCUT2D eigenvalue weighted by Crippen LogP contribution is 2.29. The molecule has 0 aliphatic carbocycles. The maximum atomic E-state index is 12.2. The Balaban J connectivity index is 2.30. The molecule has 0 radical (unpaired) electrons. The van der Waals surface area contributed by atoms with Crippen LogP contribution in [-0.2, 0) is 0 Å². The molecule has 2 aromatic carbocycles. The second kappa shape index (κ2) is 5.83. The third kappa shape index (κ3) is 2.71. The predicted molar refractivity (Wildman–Crippen MR) is 87.5 cm³/mol. The van der Waals surface area contributed by atoms with Crippen LogP contribution in [0.4, 0.5) is 0 Å². The number of nitrogens with zero attached hydrogens (tertiary/aromatic N) is 2. The van der Waals surface area contributed by atoms with E-state index >= 15 is 0 Å². The largest absolute Gasteiger partial charge is 0.805 e. The summed E-state index contributed by atoms with van der Waals surface area (Å²) in [5, 5.41) is 13.3. The first-order valence-electron chi connectivity index (χ1n) is 6.43. The summed E-state index contributed by atoms with van der Waals surface area (Å²) in [7, 11) is 0. The minimum atomic E-state index is 0.261. The molecule has 110 valence electrons. The molecule has 1 aromatic heterocycles. The third-order valence-electron chi connectivity index (χ3n) is 3.24. The van der Waals surface area contributed by atoms with E-state index in [1.165, 1.54) is 12.4 Å². The van der Waals surface area contributed by atoms with Crippen LogP contribution in [0.25, 0.3) is 22.5 Å². The fraction of sp³-hybridized carbons (Fsp3) is 0. The molecule has 3 rings (SSSR count). The molecular weight excluding hydrogens is 323 g/mol. The summed E-state index contributed by atoms with van der Waals surface area (Å²) in [6.45, 7) is 0. The van der Waals surface area contributed by atoms with Gasteiger partial charge in [0.15, 0.2) is 0 Å². The highest BCUT2D eigenvalue weighted by atomic mass is 35.5. The van der Waals surface area contributed by atoms with Crippen LogP contribution in [0, 0.1) is 10.1 Å². The van der Waals surface area contributed by atoms with Crippen LogP contribution in [0.2, 0.25) is 10.0 Å². The van der Waals surface area contributed by atoms with Gasteiger partial charge in [0.25, 0.3) is 5.69 Å². The normalized spacial score (nSPS) is 10.6. The molecule has 0 atom stereocenters. The summed E-state index contributed by atoms with van der Waals surface area (Å²) in [6.07, 6.45) is 2.35. The number of rotatable bonds is 2. The maximum Gasteiger partial charge on any atom is 0.293 e. The van der Waals surface area contributed by atoms with Crippen LogP contribution in [0.15, 0.2) is 60.9 Å². The summed E-state index contributed by atoms with van der Waals surface area (Å²) in [6, 6.07) is 13.5. The molecule has 6 heteroatoms. The van der Waals surface area contributed by atoms with Gasteiger partial charge in [-0.25, -0.2) is 0 Å². The van der Waals surface area contributed by atoms with Crippen molar-refractivity contribution in [3.8, 4) is 22.5 Å². The van der Waals surface area contributed by atoms with E-state index in [-0.39, 0.29) is 11.4 Å². The number of hydrogen-bond acceptors (Lipinski definition) is 2. The Morgan fingerprint density at radius 1 is 0.864 bits per heavy atom. The molecule has 0 aliphatic heterocycles. The van der Waals surface area contributed by atoms with Gasteiger partial charge in [-0.1, -0.05) is 35.3 Å². The smallest absolute Gasteiger partial charge is 0.293 e. The van der Waals surface area contributed by atoms with Gasteiger partial charge in [-0.05, 0) is 36.4 Å². The van der Waals surface area contributed by atoms with Crippen molar-refractivity contribution in [1.82, 2.24) is 4.73 Å². The summed E-state index contributed by atoms with van der Waals surface area (Å²) in [5.41, 5.74) is 1.73. The van der Waals surface area contributed by atoms with Gasteiger partial charge in [0.2, 0.25) is 6.20 Å². The molecule has 0 unspecified atom stereocenters. The van der Waals surface area contributed by atoms with Crippen molar-refractivity contribution in [3.63, 3.8) is 0 Å². The standard InChI is InChI=1S/C16H10Cl2N2O2/c17-13-5-1-11(2-6-13)15-16(20(22)10-9-19(15)21)12-3-7-14(18)8-4-12/h1-10H. The third-order valence-corrected chi connectivity index (χ3v) is 3.74. The summed E-state index contributed by atoms with van der Waals surface area (Å²) in [4.78, 5) is 12.2. The van der Waals surface area contributed by atoms with Crippen molar-refractivity contribution < 1.29 is 4.43 Å². The van der Waals surface area contributed by atoms with Gasteiger partial charge in [0, 0.05) is 20.5 Å². The van der Waals surface area contributed by atoms with Gasteiger partial charge in [0.05, 0.1) is 16.2 Å². The van der Waals surface area contributed by atoms with Crippen LogP contribution in [0.5, 0.6) is 0 Å². The zero-order chi connectivity index (χ0) is 15.7. The van der Waals surface area contributed by atoms with Gasteiger partial charge in [0.1, 0.15) is 5.69 Å². The zero-order valence-electron chi connectivity index (χ0n) is 11.2. The van der Waals surface area contributed by atoms with Gasteiger partial charge in [-0.15, -0.1) is 0 Å². The first kappa shape index (κ1) is 14.6. The fourth-order valence-electron chi connectivity index (χ4n) is 2.22. The van der Waals surface area contributed by atoms with Crippen LogP contribution in [-0.4, -0.2) is 4.73 Å². The molecule has 22 heavy (non-hydrogen) atoms. The second-order valence-electron chi connectivity index (χ2n) is 4.66. The fourth-order valence-corrected chi connectivity index (χ4v) is 2.47. The Morgan fingerprint density at radius 3 is 1.91 bits per heavy atom. The average Bonchev–Trinajstić information content (AvgIpc) is 2.51. The van der Waals surface area contributed by atoms with Gasteiger partial charge in [-0.2, -0.15) is 0 Å². The molecule has 4 nitrogen and oxygen atoms in total. The van der Waals surface area contributed by atoms with E-state index < -0.39 is 0 Å². The van der Waals surface area contributed by atoms with Gasteiger partial charge in [-0.3, -0.25) is 0 Å². The topological polar surface area (TPSA) is 51.0 Å². The molecule has 1 heterocycles. The molecule has 0 saturated carbocycles. The summed E-state index contributed by atoms with van der Waals surface area (Å²) in [5.74, 6) is 0. The Kier molecular flexibility index (Phi) is 3.88. The molecule has 0 saturated heterocycles. The molecule has 0 fully saturated rings. The van der Waals surface area contributed by atoms with E-state index in [1.54, 1.807) is 48.5 Å². The van der Waals surface area contributed by atoms with Gasteiger partial charge >= 0.3 is 0 Å². The van der Waals surface area contributed by atoms with Crippen molar-refractivity contribution in [2.24, 2.45) is 0 Å². The molecule has 0 amide bonds. The highest BCUT2D eigenvalue weighted by Gasteiger charge is 2.20. The summed E-state index contributed by atoms with van der Waals surface area (Å²) < 4.78 is 1.34. The lowest BCUT2D eigenvalue weighted by Crippen LogP contribution is -2.21. The number of hydrogen-bond donors (Lipinski definition) is 0. The molecule has 3 aromatic rings. The molecule has 0 aliphatic rings. The van der Waals surface area contributed by atoms with E-state index in [4.69, 9.17) is 23.2 Å². The SMILES string of the molecule is O=[n+]1ccn([O-])c(-c2ccc(Cl)cc2)c1-c1ccc(Cl)cc1. The van der Waals surface area contributed by atoms with Crippen molar-refractivity contribution in [3.05, 3.63) is 81.1 Å². The van der Waals surface area contributed by atoms with Crippen LogP contribution in [0.1, 0.15) is 0 Å². The van der Waals surface area contributed by atoms with E-state index in [0.717, 1.165) is 0 Å². The average molecular weight is 333 g/mol. The lowest BCUT2D eigenvalue weighted by molar-refractivity contribution is -0.482. The van der Waals surface area contributed by atoms with E-state index in [2.05, 4.69) is 0 Å². The zero-order valence-corrected chi connectivity index (χ0v) is 12.8. The quantitative estimate of drug-likeness (QED) is 0.653. The summed E-state index contributed by atoms with van der Waals surface area (Å²) >= 11 is 11.8. The maximum absolute atomic E-state index is 12.2. The van der Waals surface area contributed by atoms with Crippen molar-refractivity contribution in [2.75, 3.05) is 0 Å². The predicted octanol–water partition coefficient (Wildman–Crippen LogP) is 4.39. The number of aromatic nitrogens is 2. The first-order valence-corrected chi connectivity index (χ1v) is 7.19. The second-order valence-corrected chi connectivity index (χ2v) is 5.53.